The maximum atomic E-state index is 12.4. The van der Waals surface area contributed by atoms with Crippen molar-refractivity contribution >= 4 is 33.4 Å². The molecule has 0 spiro atoms. The summed E-state index contributed by atoms with van der Waals surface area (Å²) in [4.78, 5) is 18.2. The summed E-state index contributed by atoms with van der Waals surface area (Å²) in [6.45, 7) is 4.00. The fraction of sp³-hybridized carbons (Fsp3) is 0.250. The van der Waals surface area contributed by atoms with Crippen molar-refractivity contribution in [2.75, 3.05) is 13.7 Å². The van der Waals surface area contributed by atoms with E-state index >= 15 is 0 Å². The lowest BCUT2D eigenvalue weighted by atomic mass is 10.1. The third kappa shape index (κ3) is 4.72. The van der Waals surface area contributed by atoms with E-state index < -0.39 is 0 Å². The first-order valence-electron chi connectivity index (χ1n) is 8.56. The van der Waals surface area contributed by atoms with E-state index in [4.69, 9.17) is 20.9 Å². The Kier molecular flexibility index (Phi) is 6.36. The van der Waals surface area contributed by atoms with Crippen molar-refractivity contribution in [1.82, 2.24) is 15.0 Å². The van der Waals surface area contributed by atoms with Gasteiger partial charge in [0.25, 0.3) is 5.91 Å². The summed E-state index contributed by atoms with van der Waals surface area (Å²) in [5.41, 5.74) is 2.67. The van der Waals surface area contributed by atoms with E-state index in [0.717, 1.165) is 15.6 Å². The summed E-state index contributed by atoms with van der Waals surface area (Å²) in [6.07, 6.45) is 0. The Morgan fingerprint density at radius 3 is 2.75 bits per heavy atom. The summed E-state index contributed by atoms with van der Waals surface area (Å²) in [6, 6.07) is 11.1. The average Bonchev–Trinajstić information content (AvgIpc) is 3.11. The SMILES string of the molecule is Cc1cc(OCC(=O)N(C)Cc2nc(-c3ccccc3Cl)no2)c(C)cc1Br. The summed E-state index contributed by atoms with van der Waals surface area (Å²) >= 11 is 9.63. The lowest BCUT2D eigenvalue weighted by Crippen LogP contribution is -2.31. The highest BCUT2D eigenvalue weighted by atomic mass is 79.9. The van der Waals surface area contributed by atoms with Gasteiger partial charge in [-0.2, -0.15) is 4.98 Å². The Bertz CT molecular complexity index is 1010. The molecule has 0 N–H and O–H groups in total. The van der Waals surface area contributed by atoms with E-state index in [1.54, 1.807) is 13.1 Å². The highest BCUT2D eigenvalue weighted by Crippen LogP contribution is 2.27. The van der Waals surface area contributed by atoms with E-state index in [0.29, 0.717) is 28.1 Å². The molecule has 3 aromatic rings. The Labute approximate surface area is 176 Å². The summed E-state index contributed by atoms with van der Waals surface area (Å²) in [5, 5.41) is 4.47. The van der Waals surface area contributed by atoms with E-state index in [1.807, 2.05) is 44.2 Å². The number of halogens is 2. The second-order valence-corrected chi connectivity index (χ2v) is 7.66. The number of carbonyl (C=O) groups excluding carboxylic acids is 1. The Morgan fingerprint density at radius 2 is 2.00 bits per heavy atom. The zero-order chi connectivity index (χ0) is 20.3. The van der Waals surface area contributed by atoms with Crippen LogP contribution in [0.25, 0.3) is 11.4 Å². The minimum Gasteiger partial charge on any atom is -0.483 e. The molecular formula is C20H19BrClN3O3. The first-order valence-corrected chi connectivity index (χ1v) is 9.73. The maximum absolute atomic E-state index is 12.4. The molecule has 3 rings (SSSR count). The summed E-state index contributed by atoms with van der Waals surface area (Å²) < 4.78 is 11.9. The van der Waals surface area contributed by atoms with Crippen molar-refractivity contribution in [2.24, 2.45) is 0 Å². The molecule has 0 aliphatic rings. The van der Waals surface area contributed by atoms with Gasteiger partial charge in [-0.25, -0.2) is 0 Å². The molecule has 1 heterocycles. The fourth-order valence-electron chi connectivity index (χ4n) is 2.52. The molecule has 2 aromatic carbocycles. The number of nitrogens with zero attached hydrogens (tertiary/aromatic N) is 3. The molecule has 0 aliphatic heterocycles. The molecule has 8 heteroatoms. The topological polar surface area (TPSA) is 68.5 Å². The van der Waals surface area contributed by atoms with Gasteiger partial charge in [-0.05, 0) is 49.2 Å². The number of benzene rings is 2. The third-order valence-electron chi connectivity index (χ3n) is 4.19. The van der Waals surface area contributed by atoms with Crippen molar-refractivity contribution in [3.8, 4) is 17.1 Å². The second kappa shape index (κ2) is 8.75. The van der Waals surface area contributed by atoms with Crippen molar-refractivity contribution < 1.29 is 14.1 Å². The van der Waals surface area contributed by atoms with Gasteiger partial charge in [-0.15, -0.1) is 0 Å². The molecule has 0 radical (unpaired) electrons. The third-order valence-corrected chi connectivity index (χ3v) is 5.37. The molecule has 0 bridgehead atoms. The van der Waals surface area contributed by atoms with Crippen LogP contribution in [-0.4, -0.2) is 34.6 Å². The van der Waals surface area contributed by atoms with E-state index in [1.165, 1.54) is 4.90 Å². The Hall–Kier alpha value is -2.38. The minimum absolute atomic E-state index is 0.0794. The van der Waals surface area contributed by atoms with Gasteiger partial charge in [0.15, 0.2) is 6.61 Å². The van der Waals surface area contributed by atoms with E-state index in [9.17, 15) is 4.79 Å². The van der Waals surface area contributed by atoms with Crippen LogP contribution in [0.1, 0.15) is 17.0 Å². The van der Waals surface area contributed by atoms with Crippen LogP contribution in [0.5, 0.6) is 5.75 Å². The summed E-state index contributed by atoms with van der Waals surface area (Å²) in [5.74, 6) is 1.19. The van der Waals surface area contributed by atoms with Crippen molar-refractivity contribution in [3.05, 3.63) is 62.9 Å². The monoisotopic (exact) mass is 463 g/mol. The number of rotatable bonds is 6. The number of carbonyl (C=O) groups is 1. The molecule has 1 amide bonds. The lowest BCUT2D eigenvalue weighted by Gasteiger charge is -2.16. The largest absolute Gasteiger partial charge is 0.483 e. The molecule has 0 aliphatic carbocycles. The standard InChI is InChI=1S/C20H19BrClN3O3/c1-12-9-17(13(2)8-15(12)21)27-11-19(26)25(3)10-18-23-20(24-28-18)14-6-4-5-7-16(14)22/h4-9H,10-11H2,1-3H3. The van der Waals surface area contributed by atoms with Gasteiger partial charge in [-0.3, -0.25) is 4.79 Å². The van der Waals surface area contributed by atoms with Gasteiger partial charge in [-0.1, -0.05) is 44.8 Å². The highest BCUT2D eigenvalue weighted by Gasteiger charge is 2.17. The zero-order valence-corrected chi connectivity index (χ0v) is 18.0. The number of hydrogen-bond donors (Lipinski definition) is 0. The van der Waals surface area contributed by atoms with Gasteiger partial charge in [0, 0.05) is 17.1 Å². The molecule has 1 aromatic heterocycles. The Balaban J connectivity index is 1.61. The fourth-order valence-corrected chi connectivity index (χ4v) is 3.20. The lowest BCUT2D eigenvalue weighted by molar-refractivity contribution is -0.132. The number of likely N-dealkylation sites (N-methyl/N-ethyl adjacent to an activating group) is 1. The first kappa shape index (κ1) is 20.4. The molecule has 28 heavy (non-hydrogen) atoms. The molecule has 0 atom stereocenters. The van der Waals surface area contributed by atoms with Crippen LogP contribution in [0.4, 0.5) is 0 Å². The number of ether oxygens (including phenoxy) is 1. The highest BCUT2D eigenvalue weighted by molar-refractivity contribution is 9.10. The van der Waals surface area contributed by atoms with Gasteiger partial charge < -0.3 is 14.2 Å². The van der Waals surface area contributed by atoms with Crippen molar-refractivity contribution in [3.63, 3.8) is 0 Å². The number of aromatic nitrogens is 2. The molecule has 146 valence electrons. The molecule has 6 nitrogen and oxygen atoms in total. The zero-order valence-electron chi connectivity index (χ0n) is 15.7. The number of hydrogen-bond acceptors (Lipinski definition) is 5. The maximum Gasteiger partial charge on any atom is 0.260 e. The predicted molar refractivity (Wildman–Crippen MR) is 110 cm³/mol. The molecular weight excluding hydrogens is 446 g/mol. The smallest absolute Gasteiger partial charge is 0.260 e. The first-order chi connectivity index (χ1) is 13.3. The summed E-state index contributed by atoms with van der Waals surface area (Å²) in [7, 11) is 1.66. The van der Waals surface area contributed by atoms with Crippen LogP contribution >= 0.6 is 27.5 Å². The Morgan fingerprint density at radius 1 is 1.25 bits per heavy atom. The molecule has 0 saturated heterocycles. The van der Waals surface area contributed by atoms with Gasteiger partial charge in [0.05, 0.1) is 11.6 Å². The molecule has 0 unspecified atom stereocenters. The van der Waals surface area contributed by atoms with Gasteiger partial charge in [0.1, 0.15) is 5.75 Å². The molecule has 0 fully saturated rings. The van der Waals surface area contributed by atoms with Crippen LogP contribution in [0.15, 0.2) is 45.4 Å². The van der Waals surface area contributed by atoms with Gasteiger partial charge >= 0.3 is 0 Å². The van der Waals surface area contributed by atoms with Crippen LogP contribution in [0, 0.1) is 13.8 Å². The van der Waals surface area contributed by atoms with Crippen LogP contribution in [-0.2, 0) is 11.3 Å². The minimum atomic E-state index is -0.197. The van der Waals surface area contributed by atoms with Crippen molar-refractivity contribution in [1.29, 1.82) is 0 Å². The normalized spacial score (nSPS) is 10.8. The van der Waals surface area contributed by atoms with Crippen LogP contribution in [0.3, 0.4) is 0 Å². The second-order valence-electron chi connectivity index (χ2n) is 6.40. The van der Waals surface area contributed by atoms with Gasteiger partial charge in [0.2, 0.25) is 11.7 Å². The van der Waals surface area contributed by atoms with E-state index in [2.05, 4.69) is 26.1 Å². The van der Waals surface area contributed by atoms with Crippen LogP contribution < -0.4 is 4.74 Å². The quantitative estimate of drug-likeness (QED) is 0.524. The molecule has 0 saturated carbocycles. The van der Waals surface area contributed by atoms with Crippen molar-refractivity contribution in [2.45, 2.75) is 20.4 Å². The predicted octanol–water partition coefficient (Wildman–Crippen LogP) is 4.81. The number of amides is 1. The van der Waals surface area contributed by atoms with E-state index in [-0.39, 0.29) is 19.1 Å². The number of aryl methyl sites for hydroxylation is 2. The van der Waals surface area contributed by atoms with Crippen LogP contribution in [0.2, 0.25) is 5.02 Å². The average molecular weight is 465 g/mol.